The lowest BCUT2D eigenvalue weighted by molar-refractivity contribution is -0.133. The maximum atomic E-state index is 12.4. The van der Waals surface area contributed by atoms with Gasteiger partial charge in [0.05, 0.1) is 19.1 Å². The molecule has 0 unspecified atom stereocenters. The monoisotopic (exact) mass is 361 g/mol. The number of aryl methyl sites for hydroxylation is 2. The molecule has 2 aromatic heterocycles. The Hall–Kier alpha value is -2.06. The number of hydrogen-bond donors (Lipinski definition) is 1. The van der Waals surface area contributed by atoms with Gasteiger partial charge in [-0.15, -0.1) is 11.3 Å². The van der Waals surface area contributed by atoms with Crippen LogP contribution in [-0.4, -0.2) is 46.0 Å². The molecule has 1 aliphatic heterocycles. The lowest BCUT2D eigenvalue weighted by Gasteiger charge is -2.24. The molecule has 0 aliphatic carbocycles. The molecule has 0 spiro atoms. The van der Waals surface area contributed by atoms with Crippen LogP contribution >= 0.6 is 11.3 Å². The number of rotatable bonds is 6. The first-order chi connectivity index (χ1) is 12.1. The van der Waals surface area contributed by atoms with Crippen molar-refractivity contribution >= 4 is 28.2 Å². The number of methoxy groups -OCH3 is 1. The van der Waals surface area contributed by atoms with Crippen molar-refractivity contribution in [2.24, 2.45) is 0 Å². The van der Waals surface area contributed by atoms with Gasteiger partial charge in [0.1, 0.15) is 5.82 Å². The van der Waals surface area contributed by atoms with Crippen molar-refractivity contribution in [3.8, 4) is 0 Å². The third kappa shape index (κ3) is 4.32. The van der Waals surface area contributed by atoms with Gasteiger partial charge in [-0.3, -0.25) is 4.79 Å². The minimum Gasteiger partial charge on any atom is -0.384 e. The summed E-state index contributed by atoms with van der Waals surface area (Å²) in [4.78, 5) is 29.0. The van der Waals surface area contributed by atoms with Crippen LogP contribution in [0.1, 0.15) is 41.7 Å². The van der Waals surface area contributed by atoms with E-state index >= 15 is 0 Å². The maximum Gasteiger partial charge on any atom is 0.225 e. The summed E-state index contributed by atoms with van der Waals surface area (Å²) in [5, 5.41) is 4.05. The molecular weight excluding hydrogens is 338 g/mol. The first-order valence-corrected chi connectivity index (χ1v) is 9.22. The zero-order chi connectivity index (χ0) is 17.8. The normalized spacial score (nSPS) is 17.1. The van der Waals surface area contributed by atoms with Crippen LogP contribution in [0.15, 0.2) is 12.3 Å². The number of amides is 1. The van der Waals surface area contributed by atoms with E-state index in [0.717, 1.165) is 35.1 Å². The van der Waals surface area contributed by atoms with E-state index in [1.165, 1.54) is 0 Å². The van der Waals surface area contributed by atoms with E-state index in [1.54, 1.807) is 18.4 Å². The Morgan fingerprint density at radius 1 is 1.44 bits per heavy atom. The smallest absolute Gasteiger partial charge is 0.225 e. The molecule has 25 heavy (non-hydrogen) atoms. The van der Waals surface area contributed by atoms with Crippen LogP contribution < -0.4 is 5.32 Å². The van der Waals surface area contributed by atoms with E-state index in [9.17, 15) is 4.79 Å². The Labute approximate surface area is 151 Å². The average Bonchev–Trinajstić information content (AvgIpc) is 3.21. The summed E-state index contributed by atoms with van der Waals surface area (Å²) in [6, 6.07) is 1.83. The molecule has 0 radical (unpaired) electrons. The van der Waals surface area contributed by atoms with E-state index in [4.69, 9.17) is 4.74 Å². The van der Waals surface area contributed by atoms with Crippen molar-refractivity contribution in [1.82, 2.24) is 19.9 Å². The van der Waals surface area contributed by atoms with Gasteiger partial charge >= 0.3 is 0 Å². The molecule has 1 atom stereocenters. The fourth-order valence-corrected chi connectivity index (χ4v) is 3.66. The van der Waals surface area contributed by atoms with Crippen molar-refractivity contribution in [3.63, 3.8) is 0 Å². The van der Waals surface area contributed by atoms with Gasteiger partial charge in [0, 0.05) is 36.5 Å². The molecule has 1 saturated heterocycles. The molecular formula is C17H23N5O2S. The van der Waals surface area contributed by atoms with Gasteiger partial charge in [-0.05, 0) is 26.7 Å². The van der Waals surface area contributed by atoms with Crippen LogP contribution in [0, 0.1) is 13.8 Å². The first kappa shape index (κ1) is 17.8. The Morgan fingerprint density at radius 3 is 3.00 bits per heavy atom. The van der Waals surface area contributed by atoms with Crippen LogP contribution in [0.3, 0.4) is 0 Å². The fourth-order valence-electron chi connectivity index (χ4n) is 2.99. The standard InChI is InChI=1S/C17H23N5O2S/c1-11-9-14(21-17-18-10-12(2)25-17)20-16(19-11)13-5-4-7-22(13)15(23)6-8-24-3/h9-10,13H,4-8H2,1-3H3,(H,18,19,20,21)/t13-/m1/s1. The molecule has 1 aliphatic rings. The van der Waals surface area contributed by atoms with Gasteiger partial charge in [0.2, 0.25) is 5.91 Å². The topological polar surface area (TPSA) is 80.2 Å². The first-order valence-electron chi connectivity index (χ1n) is 8.40. The maximum absolute atomic E-state index is 12.4. The molecule has 1 N–H and O–H groups in total. The van der Waals surface area contributed by atoms with E-state index in [2.05, 4.69) is 20.3 Å². The second-order valence-electron chi connectivity index (χ2n) is 6.14. The van der Waals surface area contributed by atoms with Crippen molar-refractivity contribution in [1.29, 1.82) is 0 Å². The zero-order valence-electron chi connectivity index (χ0n) is 14.8. The van der Waals surface area contributed by atoms with Crippen LogP contribution in [0.25, 0.3) is 0 Å². The summed E-state index contributed by atoms with van der Waals surface area (Å²) in [5.74, 6) is 1.51. The summed E-state index contributed by atoms with van der Waals surface area (Å²) in [7, 11) is 1.61. The molecule has 1 fully saturated rings. The van der Waals surface area contributed by atoms with E-state index in [1.807, 2.05) is 31.0 Å². The average molecular weight is 361 g/mol. The number of nitrogens with one attached hydrogen (secondary N) is 1. The summed E-state index contributed by atoms with van der Waals surface area (Å²) in [6.45, 7) is 5.14. The van der Waals surface area contributed by atoms with Crippen molar-refractivity contribution in [2.75, 3.05) is 25.6 Å². The van der Waals surface area contributed by atoms with Crippen molar-refractivity contribution < 1.29 is 9.53 Å². The number of likely N-dealkylation sites (tertiary alicyclic amines) is 1. The van der Waals surface area contributed by atoms with Crippen LogP contribution in [0.2, 0.25) is 0 Å². The fraction of sp³-hybridized carbons (Fsp3) is 0.529. The Morgan fingerprint density at radius 2 is 2.28 bits per heavy atom. The molecule has 0 aromatic carbocycles. The van der Waals surface area contributed by atoms with E-state index < -0.39 is 0 Å². The van der Waals surface area contributed by atoms with Gasteiger partial charge in [-0.2, -0.15) is 0 Å². The Balaban J connectivity index is 1.80. The molecule has 0 bridgehead atoms. The Kier molecular flexibility index (Phi) is 5.60. The van der Waals surface area contributed by atoms with E-state index in [-0.39, 0.29) is 11.9 Å². The number of thiazole rings is 1. The lowest BCUT2D eigenvalue weighted by Crippen LogP contribution is -2.32. The second-order valence-corrected chi connectivity index (χ2v) is 7.38. The quantitative estimate of drug-likeness (QED) is 0.852. The molecule has 1 amide bonds. The summed E-state index contributed by atoms with van der Waals surface area (Å²) in [6.07, 6.45) is 4.07. The van der Waals surface area contributed by atoms with Gasteiger partial charge in [0.25, 0.3) is 0 Å². The summed E-state index contributed by atoms with van der Waals surface area (Å²) >= 11 is 1.58. The number of aromatic nitrogens is 3. The van der Waals surface area contributed by atoms with E-state index in [0.29, 0.717) is 24.7 Å². The predicted molar refractivity (Wildman–Crippen MR) is 97.1 cm³/mol. The number of ether oxygens (including phenoxy) is 1. The highest BCUT2D eigenvalue weighted by Gasteiger charge is 2.32. The molecule has 2 aromatic rings. The second kappa shape index (κ2) is 7.88. The minimum absolute atomic E-state index is 0.0668. The molecule has 8 heteroatoms. The van der Waals surface area contributed by atoms with Crippen LogP contribution in [0.4, 0.5) is 10.9 Å². The molecule has 3 rings (SSSR count). The highest BCUT2D eigenvalue weighted by Crippen LogP contribution is 2.31. The molecule has 7 nitrogen and oxygen atoms in total. The van der Waals surface area contributed by atoms with Crippen molar-refractivity contribution in [3.05, 3.63) is 28.7 Å². The molecule has 0 saturated carbocycles. The SMILES string of the molecule is COCCC(=O)N1CCC[C@@H]1c1nc(C)cc(Nc2ncc(C)s2)n1. The summed E-state index contributed by atoms with van der Waals surface area (Å²) in [5.41, 5.74) is 0.872. The predicted octanol–water partition coefficient (Wildman–Crippen LogP) is 2.99. The van der Waals surface area contributed by atoms with Gasteiger partial charge < -0.3 is 15.0 Å². The third-order valence-corrected chi connectivity index (χ3v) is 4.95. The largest absolute Gasteiger partial charge is 0.384 e. The number of carbonyl (C=O) groups excluding carboxylic acids is 1. The number of carbonyl (C=O) groups is 1. The highest BCUT2D eigenvalue weighted by atomic mass is 32.1. The number of anilines is 2. The number of hydrogen-bond acceptors (Lipinski definition) is 7. The molecule has 134 valence electrons. The Bertz CT molecular complexity index is 748. The van der Waals surface area contributed by atoms with Crippen LogP contribution in [-0.2, 0) is 9.53 Å². The van der Waals surface area contributed by atoms with Crippen LogP contribution in [0.5, 0.6) is 0 Å². The summed E-state index contributed by atoms with van der Waals surface area (Å²) < 4.78 is 5.03. The third-order valence-electron chi connectivity index (χ3n) is 4.12. The van der Waals surface area contributed by atoms with Gasteiger partial charge in [0.15, 0.2) is 11.0 Å². The minimum atomic E-state index is -0.0668. The van der Waals surface area contributed by atoms with Gasteiger partial charge in [-0.1, -0.05) is 0 Å². The van der Waals surface area contributed by atoms with Gasteiger partial charge in [-0.25, -0.2) is 15.0 Å². The number of nitrogens with zero attached hydrogens (tertiary/aromatic N) is 4. The lowest BCUT2D eigenvalue weighted by atomic mass is 10.2. The van der Waals surface area contributed by atoms with Crippen molar-refractivity contribution in [2.45, 2.75) is 39.2 Å². The highest BCUT2D eigenvalue weighted by molar-refractivity contribution is 7.15. The molecule has 3 heterocycles. The zero-order valence-corrected chi connectivity index (χ0v) is 15.6.